The lowest BCUT2D eigenvalue weighted by Gasteiger charge is -2.38. The summed E-state index contributed by atoms with van der Waals surface area (Å²) in [5, 5.41) is 12.8. The van der Waals surface area contributed by atoms with E-state index < -0.39 is 28.6 Å². The first-order chi connectivity index (χ1) is 12.9. The van der Waals surface area contributed by atoms with Crippen LogP contribution in [-0.2, 0) is 17.5 Å². The Kier molecular flexibility index (Phi) is 4.64. The van der Waals surface area contributed by atoms with E-state index in [4.69, 9.17) is 0 Å². The molecule has 1 aliphatic carbocycles. The van der Waals surface area contributed by atoms with Crippen LogP contribution in [0.2, 0.25) is 0 Å². The molecule has 28 heavy (non-hydrogen) atoms. The number of amides is 1. The molecule has 0 N–H and O–H groups in total. The van der Waals surface area contributed by atoms with E-state index in [1.807, 2.05) is 6.07 Å². The van der Waals surface area contributed by atoms with E-state index >= 15 is 0 Å². The number of hydrogen-bond donors (Lipinski definition) is 0. The second kappa shape index (κ2) is 6.47. The quantitative estimate of drug-likeness (QED) is 0.772. The van der Waals surface area contributed by atoms with Crippen molar-refractivity contribution in [1.82, 2.24) is 14.7 Å². The number of allylic oxidation sites excluding steroid dienone is 1. The smallest absolute Gasteiger partial charge is 0.336 e. The highest BCUT2D eigenvalue weighted by Gasteiger charge is 2.49. The Morgan fingerprint density at radius 1 is 1.39 bits per heavy atom. The van der Waals surface area contributed by atoms with Gasteiger partial charge < -0.3 is 4.90 Å². The average molecular weight is 394 g/mol. The molecular weight excluding hydrogens is 373 g/mol. The predicted molar refractivity (Wildman–Crippen MR) is 93.0 cm³/mol. The van der Waals surface area contributed by atoms with Gasteiger partial charge in [0.1, 0.15) is 11.8 Å². The third kappa shape index (κ3) is 3.32. The van der Waals surface area contributed by atoms with Gasteiger partial charge in [-0.05, 0) is 19.8 Å². The first-order valence-electron chi connectivity index (χ1n) is 9.04. The zero-order chi connectivity index (χ0) is 20.9. The van der Waals surface area contributed by atoms with Crippen molar-refractivity contribution in [3.8, 4) is 6.07 Å². The molecule has 150 valence electrons. The highest BCUT2D eigenvalue weighted by molar-refractivity contribution is 6.03. The van der Waals surface area contributed by atoms with Gasteiger partial charge in [-0.25, -0.2) is 0 Å². The van der Waals surface area contributed by atoms with Crippen molar-refractivity contribution in [3.05, 3.63) is 29.1 Å². The fourth-order valence-electron chi connectivity index (χ4n) is 4.29. The number of Topliss-reactive ketones (excluding diaryl/α,β-unsaturated/α-hetero) is 1. The minimum Gasteiger partial charge on any atom is -0.336 e. The van der Waals surface area contributed by atoms with Crippen LogP contribution < -0.4 is 0 Å². The first-order valence-corrected chi connectivity index (χ1v) is 9.04. The molecule has 6 nitrogen and oxygen atoms in total. The van der Waals surface area contributed by atoms with Crippen molar-refractivity contribution in [2.45, 2.75) is 46.3 Å². The maximum atomic E-state index is 13.0. The standard InChI is InChI=1S/C19H21F3N4O2/c1-4-26-13(7-14(24-26)19(20,21)22)16(28)25-6-5-18(11-25)8-12(9-23)15(27)17(2,3)10-18/h7-8H,4-6,10-11H2,1-3H3/t18-/m0/s1. The molecule has 1 saturated heterocycles. The van der Waals surface area contributed by atoms with Gasteiger partial charge in [0.05, 0.1) is 5.57 Å². The number of nitriles is 1. The molecular formula is C19H21F3N4O2. The van der Waals surface area contributed by atoms with Crippen molar-refractivity contribution in [2.24, 2.45) is 10.8 Å². The lowest BCUT2D eigenvalue weighted by Crippen LogP contribution is -2.41. The Morgan fingerprint density at radius 3 is 2.64 bits per heavy atom. The summed E-state index contributed by atoms with van der Waals surface area (Å²) in [5.74, 6) is -0.743. The number of rotatable bonds is 2. The van der Waals surface area contributed by atoms with E-state index in [0.29, 0.717) is 19.4 Å². The van der Waals surface area contributed by atoms with E-state index in [2.05, 4.69) is 5.10 Å². The number of alkyl halides is 3. The van der Waals surface area contributed by atoms with Gasteiger partial charge in [-0.15, -0.1) is 0 Å². The predicted octanol–water partition coefficient (Wildman–Crippen LogP) is 3.20. The zero-order valence-electron chi connectivity index (χ0n) is 15.9. The zero-order valence-corrected chi connectivity index (χ0v) is 15.9. The first kappa shape index (κ1) is 20.1. The summed E-state index contributed by atoms with van der Waals surface area (Å²) in [6.07, 6.45) is -1.95. The Balaban J connectivity index is 1.90. The van der Waals surface area contributed by atoms with Crippen LogP contribution in [0.4, 0.5) is 13.2 Å². The molecule has 1 aromatic rings. The Morgan fingerprint density at radius 2 is 2.07 bits per heavy atom. The molecule has 1 aromatic heterocycles. The largest absolute Gasteiger partial charge is 0.435 e. The van der Waals surface area contributed by atoms with Crippen molar-refractivity contribution >= 4 is 11.7 Å². The van der Waals surface area contributed by atoms with Gasteiger partial charge in [-0.1, -0.05) is 19.9 Å². The van der Waals surface area contributed by atoms with Gasteiger partial charge in [-0.3, -0.25) is 14.3 Å². The summed E-state index contributed by atoms with van der Waals surface area (Å²) in [5.41, 5.74) is -2.37. The number of ketones is 1. The number of hydrogen-bond acceptors (Lipinski definition) is 4. The molecule has 3 rings (SSSR count). The third-order valence-electron chi connectivity index (χ3n) is 5.49. The van der Waals surface area contributed by atoms with Crippen molar-refractivity contribution < 1.29 is 22.8 Å². The molecule has 0 radical (unpaired) electrons. The third-order valence-corrected chi connectivity index (χ3v) is 5.49. The lowest BCUT2D eigenvalue weighted by atomic mass is 9.64. The number of likely N-dealkylation sites (tertiary alicyclic amines) is 1. The van der Waals surface area contributed by atoms with Crippen molar-refractivity contribution in [1.29, 1.82) is 5.26 Å². The molecule has 1 atom stereocenters. The van der Waals surface area contributed by atoms with Gasteiger partial charge >= 0.3 is 6.18 Å². The van der Waals surface area contributed by atoms with Crippen LogP contribution in [0.15, 0.2) is 17.7 Å². The normalized spacial score (nSPS) is 24.4. The summed E-state index contributed by atoms with van der Waals surface area (Å²) in [7, 11) is 0. The molecule has 9 heteroatoms. The van der Waals surface area contributed by atoms with E-state index in [-0.39, 0.29) is 30.1 Å². The highest BCUT2D eigenvalue weighted by Crippen LogP contribution is 2.48. The van der Waals surface area contributed by atoms with Gasteiger partial charge in [0.15, 0.2) is 11.5 Å². The molecule has 1 amide bonds. The minimum absolute atomic E-state index is 0.0866. The van der Waals surface area contributed by atoms with Gasteiger partial charge in [0.2, 0.25) is 0 Å². The number of halogens is 3. The van der Waals surface area contributed by atoms with Gasteiger partial charge in [0.25, 0.3) is 5.91 Å². The summed E-state index contributed by atoms with van der Waals surface area (Å²) >= 11 is 0. The van der Waals surface area contributed by atoms with Crippen molar-refractivity contribution in [2.75, 3.05) is 13.1 Å². The number of aromatic nitrogens is 2. The second-order valence-electron chi connectivity index (χ2n) is 8.13. The average Bonchev–Trinajstić information content (AvgIpc) is 3.21. The SMILES string of the molecule is CCn1nc(C(F)(F)F)cc1C(=O)N1CC[C@@]2(C=C(C#N)C(=O)C(C)(C)C2)C1. The molecule has 0 unspecified atom stereocenters. The van der Waals surface area contributed by atoms with E-state index in [1.54, 1.807) is 26.8 Å². The van der Waals surface area contributed by atoms with E-state index in [0.717, 1.165) is 10.7 Å². The van der Waals surface area contributed by atoms with Crippen LogP contribution >= 0.6 is 0 Å². The summed E-state index contributed by atoms with van der Waals surface area (Å²) < 4.78 is 40.0. The van der Waals surface area contributed by atoms with Gasteiger partial charge in [0, 0.05) is 36.5 Å². The molecule has 0 aromatic carbocycles. The summed E-state index contributed by atoms with van der Waals surface area (Å²) in [6.45, 7) is 5.89. The van der Waals surface area contributed by atoms with Crippen LogP contribution in [0.1, 0.15) is 49.8 Å². The molecule has 1 fully saturated rings. The Bertz CT molecular complexity index is 907. The molecule has 2 heterocycles. The Hall–Kier alpha value is -2.63. The van der Waals surface area contributed by atoms with Crippen LogP contribution in [0.3, 0.4) is 0 Å². The van der Waals surface area contributed by atoms with E-state index in [9.17, 15) is 28.0 Å². The fourth-order valence-corrected chi connectivity index (χ4v) is 4.29. The lowest BCUT2D eigenvalue weighted by molar-refractivity contribution is -0.141. The monoisotopic (exact) mass is 394 g/mol. The van der Waals surface area contributed by atoms with Gasteiger partial charge in [-0.2, -0.15) is 23.5 Å². The fraction of sp³-hybridized carbons (Fsp3) is 0.579. The molecule has 1 aliphatic heterocycles. The number of nitrogens with zero attached hydrogens (tertiary/aromatic N) is 4. The molecule has 0 bridgehead atoms. The number of aryl methyl sites for hydroxylation is 1. The topological polar surface area (TPSA) is 79.0 Å². The van der Waals surface area contributed by atoms with Crippen LogP contribution in [0, 0.1) is 22.2 Å². The number of carbonyl (C=O) groups excluding carboxylic acids is 2. The van der Waals surface area contributed by atoms with E-state index in [1.165, 1.54) is 4.90 Å². The molecule has 1 spiro atoms. The summed E-state index contributed by atoms with van der Waals surface area (Å²) in [4.78, 5) is 26.7. The minimum atomic E-state index is -4.63. The maximum Gasteiger partial charge on any atom is 0.435 e. The highest BCUT2D eigenvalue weighted by atomic mass is 19.4. The van der Waals surface area contributed by atoms with Crippen molar-refractivity contribution in [3.63, 3.8) is 0 Å². The van der Waals surface area contributed by atoms with Crippen LogP contribution in [0.25, 0.3) is 0 Å². The Labute approximate surface area is 160 Å². The maximum absolute atomic E-state index is 13.0. The number of carbonyl (C=O) groups is 2. The second-order valence-corrected chi connectivity index (χ2v) is 8.13. The van der Waals surface area contributed by atoms with Crippen LogP contribution in [-0.4, -0.2) is 39.5 Å². The molecule has 2 aliphatic rings. The molecule has 0 saturated carbocycles. The van der Waals surface area contributed by atoms with Crippen LogP contribution in [0.5, 0.6) is 0 Å². The summed E-state index contributed by atoms with van der Waals surface area (Å²) in [6, 6.07) is 2.72.